The summed E-state index contributed by atoms with van der Waals surface area (Å²) in [4.78, 5) is 11.8. The van der Waals surface area contributed by atoms with Gasteiger partial charge in [-0.1, -0.05) is 30.9 Å². The van der Waals surface area contributed by atoms with E-state index in [2.05, 4.69) is 6.58 Å². The van der Waals surface area contributed by atoms with Crippen molar-refractivity contribution in [3.63, 3.8) is 0 Å². The molecule has 1 aromatic carbocycles. The second-order valence-corrected chi connectivity index (χ2v) is 4.30. The van der Waals surface area contributed by atoms with Crippen molar-refractivity contribution in [1.29, 1.82) is 0 Å². The van der Waals surface area contributed by atoms with E-state index in [1.54, 1.807) is 30.3 Å². The Labute approximate surface area is 118 Å². The van der Waals surface area contributed by atoms with E-state index in [0.717, 1.165) is 5.57 Å². The first-order chi connectivity index (χ1) is 9.74. The normalized spacial score (nSPS) is 21.4. The van der Waals surface area contributed by atoms with Gasteiger partial charge in [0, 0.05) is 12.2 Å². The van der Waals surface area contributed by atoms with Gasteiger partial charge in [0.05, 0.1) is 5.56 Å². The van der Waals surface area contributed by atoms with Gasteiger partial charge < -0.3 is 14.2 Å². The van der Waals surface area contributed by atoms with Gasteiger partial charge in [0.25, 0.3) is 0 Å². The smallest absolute Gasteiger partial charge is 0.338 e. The molecule has 0 radical (unpaired) electrons. The van der Waals surface area contributed by atoms with E-state index in [4.69, 9.17) is 14.2 Å². The average Bonchev–Trinajstić information content (AvgIpc) is 2.88. The van der Waals surface area contributed by atoms with Crippen LogP contribution in [0.5, 0.6) is 0 Å². The maximum absolute atomic E-state index is 11.8. The zero-order valence-electron chi connectivity index (χ0n) is 11.5. The minimum absolute atomic E-state index is 0.161. The molecule has 4 heteroatoms. The second-order valence-electron chi connectivity index (χ2n) is 4.30. The van der Waals surface area contributed by atoms with Crippen molar-refractivity contribution in [3.05, 3.63) is 60.2 Å². The summed E-state index contributed by atoms with van der Waals surface area (Å²) in [6, 6.07) is 8.87. The molecule has 2 rings (SSSR count). The fraction of sp³-hybridized carbons (Fsp3) is 0.312. The van der Waals surface area contributed by atoms with Gasteiger partial charge in [-0.2, -0.15) is 0 Å². The first kappa shape index (κ1) is 14.5. The third-order valence-corrected chi connectivity index (χ3v) is 2.89. The number of hydrogen-bond acceptors (Lipinski definition) is 4. The van der Waals surface area contributed by atoms with Crippen molar-refractivity contribution >= 4 is 5.97 Å². The van der Waals surface area contributed by atoms with E-state index in [1.165, 1.54) is 0 Å². The number of carbonyl (C=O) groups is 1. The van der Waals surface area contributed by atoms with Gasteiger partial charge in [-0.3, -0.25) is 0 Å². The van der Waals surface area contributed by atoms with Crippen LogP contribution in [0, 0.1) is 0 Å². The predicted molar refractivity (Wildman–Crippen MR) is 75.3 cm³/mol. The van der Waals surface area contributed by atoms with Crippen LogP contribution in [0.2, 0.25) is 0 Å². The lowest BCUT2D eigenvalue weighted by atomic mass is 10.2. The van der Waals surface area contributed by atoms with Crippen LogP contribution in [-0.2, 0) is 14.2 Å². The molecule has 0 aliphatic carbocycles. The topological polar surface area (TPSA) is 44.8 Å². The molecular weight excluding hydrogens is 256 g/mol. The van der Waals surface area contributed by atoms with Gasteiger partial charge in [-0.25, -0.2) is 4.79 Å². The summed E-state index contributed by atoms with van der Waals surface area (Å²) < 4.78 is 16.3. The SMILES string of the molecule is C=CC1=C[C@@H](COC(=O)c2ccccc2)O[C@@H]1OCC. The predicted octanol–water partition coefficient (Wildman–Crippen LogP) is 2.72. The van der Waals surface area contributed by atoms with Crippen LogP contribution in [0.25, 0.3) is 0 Å². The third kappa shape index (κ3) is 3.56. The van der Waals surface area contributed by atoms with Crippen LogP contribution >= 0.6 is 0 Å². The lowest BCUT2D eigenvalue weighted by molar-refractivity contribution is -0.126. The quantitative estimate of drug-likeness (QED) is 0.748. The average molecular weight is 274 g/mol. The number of hydrogen-bond donors (Lipinski definition) is 0. The zero-order chi connectivity index (χ0) is 14.4. The number of rotatable bonds is 6. The van der Waals surface area contributed by atoms with Crippen molar-refractivity contribution in [3.8, 4) is 0 Å². The summed E-state index contributed by atoms with van der Waals surface area (Å²) in [5.41, 5.74) is 1.40. The molecule has 0 saturated heterocycles. The molecular formula is C16H18O4. The second kappa shape index (κ2) is 7.03. The summed E-state index contributed by atoms with van der Waals surface area (Å²) in [6.45, 7) is 6.32. The summed E-state index contributed by atoms with van der Waals surface area (Å²) in [6.07, 6.45) is 2.84. The monoisotopic (exact) mass is 274 g/mol. The fourth-order valence-electron chi connectivity index (χ4n) is 1.92. The Morgan fingerprint density at radius 2 is 2.15 bits per heavy atom. The highest BCUT2D eigenvalue weighted by atomic mass is 16.7. The minimum Gasteiger partial charge on any atom is -0.459 e. The van der Waals surface area contributed by atoms with Crippen LogP contribution < -0.4 is 0 Å². The Morgan fingerprint density at radius 3 is 2.80 bits per heavy atom. The summed E-state index contributed by atoms with van der Waals surface area (Å²) in [5.74, 6) is -0.359. The van der Waals surface area contributed by atoms with Crippen molar-refractivity contribution in [2.24, 2.45) is 0 Å². The molecule has 0 N–H and O–H groups in total. The first-order valence-electron chi connectivity index (χ1n) is 6.58. The van der Waals surface area contributed by atoms with Crippen molar-refractivity contribution in [2.75, 3.05) is 13.2 Å². The molecule has 0 unspecified atom stereocenters. The van der Waals surface area contributed by atoms with E-state index >= 15 is 0 Å². The molecule has 1 aromatic rings. The maximum Gasteiger partial charge on any atom is 0.338 e. The summed E-state index contributed by atoms with van der Waals surface area (Å²) in [7, 11) is 0. The van der Waals surface area contributed by atoms with Crippen LogP contribution in [0.3, 0.4) is 0 Å². The first-order valence-corrected chi connectivity index (χ1v) is 6.58. The highest BCUT2D eigenvalue weighted by Crippen LogP contribution is 2.22. The Bertz CT molecular complexity index is 492. The molecule has 20 heavy (non-hydrogen) atoms. The number of esters is 1. The highest BCUT2D eigenvalue weighted by molar-refractivity contribution is 5.89. The van der Waals surface area contributed by atoms with Crippen LogP contribution in [0.1, 0.15) is 17.3 Å². The van der Waals surface area contributed by atoms with Crippen LogP contribution in [0.15, 0.2) is 54.6 Å². The minimum atomic E-state index is -0.419. The van der Waals surface area contributed by atoms with Gasteiger partial charge in [0.2, 0.25) is 0 Å². The van der Waals surface area contributed by atoms with E-state index < -0.39 is 6.29 Å². The maximum atomic E-state index is 11.8. The van der Waals surface area contributed by atoms with Crippen LogP contribution in [-0.4, -0.2) is 31.6 Å². The molecule has 106 valence electrons. The molecule has 1 aliphatic rings. The third-order valence-electron chi connectivity index (χ3n) is 2.89. The molecule has 0 fully saturated rings. The Kier molecular flexibility index (Phi) is 5.09. The number of carbonyl (C=O) groups excluding carboxylic acids is 1. The van der Waals surface area contributed by atoms with E-state index in [9.17, 15) is 4.79 Å². The van der Waals surface area contributed by atoms with Crippen molar-refractivity contribution in [2.45, 2.75) is 19.3 Å². The Hall–Kier alpha value is -1.91. The molecule has 2 atom stereocenters. The van der Waals surface area contributed by atoms with Gasteiger partial charge in [0.1, 0.15) is 12.7 Å². The summed E-state index contributed by atoms with van der Waals surface area (Å²) >= 11 is 0. The number of benzene rings is 1. The van der Waals surface area contributed by atoms with E-state index in [0.29, 0.717) is 12.2 Å². The molecule has 1 heterocycles. The van der Waals surface area contributed by atoms with E-state index in [-0.39, 0.29) is 18.7 Å². The molecule has 0 saturated carbocycles. The number of ether oxygens (including phenoxy) is 3. The molecule has 0 spiro atoms. The van der Waals surface area contributed by atoms with Crippen molar-refractivity contribution < 1.29 is 19.0 Å². The lowest BCUT2D eigenvalue weighted by Crippen LogP contribution is -2.22. The van der Waals surface area contributed by atoms with Gasteiger partial charge in [-0.15, -0.1) is 0 Å². The van der Waals surface area contributed by atoms with Gasteiger partial charge in [-0.05, 0) is 25.1 Å². The Balaban J connectivity index is 1.88. The van der Waals surface area contributed by atoms with Gasteiger partial charge >= 0.3 is 5.97 Å². The van der Waals surface area contributed by atoms with E-state index in [1.807, 2.05) is 19.1 Å². The van der Waals surface area contributed by atoms with Gasteiger partial charge in [0.15, 0.2) is 6.29 Å². The Morgan fingerprint density at radius 1 is 1.40 bits per heavy atom. The molecule has 1 aliphatic heterocycles. The van der Waals surface area contributed by atoms with Crippen LogP contribution in [0.4, 0.5) is 0 Å². The lowest BCUT2D eigenvalue weighted by Gasteiger charge is -2.15. The molecule has 0 amide bonds. The standard InChI is InChI=1S/C16H18O4/c1-3-12-10-14(20-16(12)18-4-2)11-19-15(17)13-8-6-5-7-9-13/h3,5-10,14,16H,1,4,11H2,2H3/t14-,16-/m0/s1. The highest BCUT2D eigenvalue weighted by Gasteiger charge is 2.26. The molecule has 0 bridgehead atoms. The van der Waals surface area contributed by atoms with Crippen molar-refractivity contribution in [1.82, 2.24) is 0 Å². The molecule has 4 nitrogen and oxygen atoms in total. The molecule has 0 aromatic heterocycles. The fourth-order valence-corrected chi connectivity index (χ4v) is 1.92. The largest absolute Gasteiger partial charge is 0.459 e. The summed E-state index contributed by atoms with van der Waals surface area (Å²) in [5, 5.41) is 0. The zero-order valence-corrected chi connectivity index (χ0v) is 11.5.